The van der Waals surface area contributed by atoms with Gasteiger partial charge in [-0.05, 0) is 49.9 Å². The highest BCUT2D eigenvalue weighted by molar-refractivity contribution is 5.37. The second-order valence-corrected chi connectivity index (χ2v) is 6.54. The molecule has 3 heteroatoms. The van der Waals surface area contributed by atoms with Crippen molar-refractivity contribution in [1.29, 1.82) is 0 Å². The van der Waals surface area contributed by atoms with E-state index in [1.807, 2.05) is 0 Å². The number of likely N-dealkylation sites (tertiary alicyclic amines) is 1. The molecule has 1 aliphatic rings. The van der Waals surface area contributed by atoms with E-state index in [4.69, 9.17) is 0 Å². The summed E-state index contributed by atoms with van der Waals surface area (Å²) in [6.07, 6.45) is 5.66. The molecule has 2 heterocycles. The van der Waals surface area contributed by atoms with Gasteiger partial charge >= 0.3 is 0 Å². The van der Waals surface area contributed by atoms with Crippen molar-refractivity contribution in [3.05, 3.63) is 59.8 Å². The van der Waals surface area contributed by atoms with E-state index in [0.717, 1.165) is 18.8 Å². The first-order valence-electron chi connectivity index (χ1n) is 8.76. The van der Waals surface area contributed by atoms with Crippen LogP contribution in [0.25, 0.3) is 0 Å². The third kappa shape index (κ3) is 4.11. The van der Waals surface area contributed by atoms with Gasteiger partial charge in [-0.1, -0.05) is 43.3 Å². The molecule has 3 rings (SSSR count). The average molecular weight is 309 g/mol. The van der Waals surface area contributed by atoms with E-state index in [-0.39, 0.29) is 0 Å². The number of hydrogen-bond acceptors (Lipinski definition) is 3. The minimum absolute atomic E-state index is 0.467. The third-order valence-corrected chi connectivity index (χ3v) is 4.77. The standard InChI is InChI=1S/C20H27N3/c1-3-16(2)22-20-12-11-18(14-21-20)19-10-7-13-23(19)15-17-8-5-4-6-9-17/h4-6,8-9,11-12,14,16,19H,3,7,10,13,15H2,1-2H3,(H,21,22)/t16-,19-/m1/s1. The normalized spacial score (nSPS) is 19.7. The van der Waals surface area contributed by atoms with Crippen molar-refractivity contribution in [3.8, 4) is 0 Å². The molecule has 23 heavy (non-hydrogen) atoms. The van der Waals surface area contributed by atoms with Gasteiger partial charge in [0.1, 0.15) is 5.82 Å². The molecule has 0 saturated carbocycles. The van der Waals surface area contributed by atoms with Crippen molar-refractivity contribution in [3.63, 3.8) is 0 Å². The minimum atomic E-state index is 0.467. The number of rotatable bonds is 6. The number of nitrogens with one attached hydrogen (secondary N) is 1. The highest BCUT2D eigenvalue weighted by Gasteiger charge is 2.26. The first-order valence-corrected chi connectivity index (χ1v) is 8.76. The summed E-state index contributed by atoms with van der Waals surface area (Å²) >= 11 is 0. The Balaban J connectivity index is 1.67. The van der Waals surface area contributed by atoms with Crippen LogP contribution in [0.2, 0.25) is 0 Å². The maximum Gasteiger partial charge on any atom is 0.126 e. The lowest BCUT2D eigenvalue weighted by molar-refractivity contribution is 0.248. The molecular formula is C20H27N3. The maximum atomic E-state index is 4.61. The fourth-order valence-electron chi connectivity index (χ4n) is 3.25. The maximum absolute atomic E-state index is 4.61. The Hall–Kier alpha value is -1.87. The molecule has 1 aromatic carbocycles. The zero-order valence-corrected chi connectivity index (χ0v) is 14.2. The van der Waals surface area contributed by atoms with E-state index < -0.39 is 0 Å². The molecule has 2 atom stereocenters. The van der Waals surface area contributed by atoms with Crippen LogP contribution in [0.3, 0.4) is 0 Å². The Labute approximate surface area is 139 Å². The summed E-state index contributed by atoms with van der Waals surface area (Å²) in [5.41, 5.74) is 2.73. The van der Waals surface area contributed by atoms with Gasteiger partial charge in [-0.15, -0.1) is 0 Å². The van der Waals surface area contributed by atoms with Crippen LogP contribution in [-0.2, 0) is 6.54 Å². The zero-order valence-electron chi connectivity index (χ0n) is 14.2. The van der Waals surface area contributed by atoms with Crippen molar-refractivity contribution in [2.45, 2.75) is 51.7 Å². The highest BCUT2D eigenvalue weighted by atomic mass is 15.2. The van der Waals surface area contributed by atoms with Crippen molar-refractivity contribution in [2.24, 2.45) is 0 Å². The van der Waals surface area contributed by atoms with Gasteiger partial charge < -0.3 is 5.32 Å². The molecule has 0 radical (unpaired) electrons. The van der Waals surface area contributed by atoms with Crippen molar-refractivity contribution in [2.75, 3.05) is 11.9 Å². The van der Waals surface area contributed by atoms with Gasteiger partial charge in [0.15, 0.2) is 0 Å². The molecule has 0 amide bonds. The van der Waals surface area contributed by atoms with Gasteiger partial charge in [0.25, 0.3) is 0 Å². The SMILES string of the molecule is CC[C@@H](C)Nc1ccc([C@H]2CCCN2Cc2ccccc2)cn1. The van der Waals surface area contributed by atoms with E-state index in [0.29, 0.717) is 12.1 Å². The molecule has 0 aliphatic carbocycles. The molecule has 1 aromatic heterocycles. The molecule has 1 N–H and O–H groups in total. The Bertz CT molecular complexity index is 594. The fraction of sp³-hybridized carbons (Fsp3) is 0.450. The predicted octanol–water partition coefficient (Wildman–Crippen LogP) is 4.63. The number of nitrogens with zero attached hydrogens (tertiary/aromatic N) is 2. The summed E-state index contributed by atoms with van der Waals surface area (Å²) < 4.78 is 0. The fourth-order valence-corrected chi connectivity index (χ4v) is 3.25. The quantitative estimate of drug-likeness (QED) is 0.843. The second kappa shape index (κ2) is 7.60. The van der Waals surface area contributed by atoms with Gasteiger partial charge in [-0.25, -0.2) is 4.98 Å². The van der Waals surface area contributed by atoms with E-state index in [2.05, 4.69) is 77.7 Å². The van der Waals surface area contributed by atoms with Crippen LogP contribution in [-0.4, -0.2) is 22.5 Å². The van der Waals surface area contributed by atoms with Crippen LogP contribution in [0.4, 0.5) is 5.82 Å². The van der Waals surface area contributed by atoms with Crippen LogP contribution >= 0.6 is 0 Å². The van der Waals surface area contributed by atoms with Crippen molar-refractivity contribution in [1.82, 2.24) is 9.88 Å². The van der Waals surface area contributed by atoms with E-state index >= 15 is 0 Å². The molecule has 1 aliphatic heterocycles. The van der Waals surface area contributed by atoms with Crippen LogP contribution in [0.1, 0.15) is 50.3 Å². The van der Waals surface area contributed by atoms with Gasteiger partial charge in [0, 0.05) is 24.8 Å². The molecule has 122 valence electrons. The molecule has 0 spiro atoms. The van der Waals surface area contributed by atoms with Crippen LogP contribution < -0.4 is 5.32 Å². The first-order chi connectivity index (χ1) is 11.3. The van der Waals surface area contributed by atoms with E-state index in [9.17, 15) is 0 Å². The lowest BCUT2D eigenvalue weighted by atomic mass is 10.1. The molecule has 1 fully saturated rings. The summed E-state index contributed by atoms with van der Waals surface area (Å²) in [4.78, 5) is 7.19. The van der Waals surface area contributed by atoms with Crippen molar-refractivity contribution < 1.29 is 0 Å². The number of pyridine rings is 1. The summed E-state index contributed by atoms with van der Waals surface area (Å²) in [5.74, 6) is 0.982. The first kappa shape index (κ1) is 16.0. The van der Waals surface area contributed by atoms with Gasteiger partial charge in [0.05, 0.1) is 0 Å². The summed E-state index contributed by atoms with van der Waals surface area (Å²) in [7, 11) is 0. The van der Waals surface area contributed by atoms with Crippen molar-refractivity contribution >= 4 is 5.82 Å². The summed E-state index contributed by atoms with van der Waals surface area (Å²) in [6, 6.07) is 16.1. The smallest absolute Gasteiger partial charge is 0.126 e. The predicted molar refractivity (Wildman–Crippen MR) is 96.4 cm³/mol. The monoisotopic (exact) mass is 309 g/mol. The molecular weight excluding hydrogens is 282 g/mol. The summed E-state index contributed by atoms with van der Waals surface area (Å²) in [5, 5.41) is 3.44. The lowest BCUT2D eigenvalue weighted by Crippen LogP contribution is -2.23. The van der Waals surface area contributed by atoms with Gasteiger partial charge in [-0.2, -0.15) is 0 Å². The second-order valence-electron chi connectivity index (χ2n) is 6.54. The van der Waals surface area contributed by atoms with Gasteiger partial charge in [0.2, 0.25) is 0 Å². The Morgan fingerprint density at radius 3 is 2.74 bits per heavy atom. The number of hydrogen-bond donors (Lipinski definition) is 1. The van der Waals surface area contributed by atoms with Crippen LogP contribution in [0, 0.1) is 0 Å². The summed E-state index contributed by atoms with van der Waals surface area (Å²) in [6.45, 7) is 6.57. The molecule has 1 saturated heterocycles. The number of aromatic nitrogens is 1. The zero-order chi connectivity index (χ0) is 16.1. The largest absolute Gasteiger partial charge is 0.368 e. The Morgan fingerprint density at radius 1 is 1.22 bits per heavy atom. The van der Waals surface area contributed by atoms with Crippen LogP contribution in [0.15, 0.2) is 48.7 Å². The lowest BCUT2D eigenvalue weighted by Gasteiger charge is -2.25. The number of benzene rings is 1. The molecule has 0 bridgehead atoms. The Morgan fingerprint density at radius 2 is 2.04 bits per heavy atom. The van der Waals surface area contributed by atoms with E-state index in [1.165, 1.54) is 30.5 Å². The topological polar surface area (TPSA) is 28.2 Å². The Kier molecular flexibility index (Phi) is 5.29. The molecule has 3 nitrogen and oxygen atoms in total. The van der Waals surface area contributed by atoms with Crippen LogP contribution in [0.5, 0.6) is 0 Å². The number of anilines is 1. The third-order valence-electron chi connectivity index (χ3n) is 4.77. The molecule has 0 unspecified atom stereocenters. The average Bonchev–Trinajstić information content (AvgIpc) is 3.04. The molecule has 2 aromatic rings. The highest BCUT2D eigenvalue weighted by Crippen LogP contribution is 2.33. The van der Waals surface area contributed by atoms with E-state index in [1.54, 1.807) is 0 Å². The minimum Gasteiger partial charge on any atom is -0.368 e. The van der Waals surface area contributed by atoms with Gasteiger partial charge in [-0.3, -0.25) is 4.90 Å².